The fraction of sp³-hybridized carbons (Fsp3) is 0.381. The first kappa shape index (κ1) is 21.1. The Morgan fingerprint density at radius 3 is 2.71 bits per heavy atom. The van der Waals surface area contributed by atoms with E-state index < -0.39 is 35.3 Å². The third kappa shape index (κ3) is 4.06. The second kappa shape index (κ2) is 7.21. The Balaban J connectivity index is 1.71. The maximum absolute atomic E-state index is 13.8. The number of carbonyl (C=O) groups excluding carboxylic acids is 1. The van der Waals surface area contributed by atoms with Gasteiger partial charge in [0.1, 0.15) is 17.3 Å². The lowest BCUT2D eigenvalue weighted by molar-refractivity contribution is -0.143. The molecule has 4 rings (SSSR count). The van der Waals surface area contributed by atoms with Crippen LogP contribution >= 0.6 is 0 Å². The Labute approximate surface area is 175 Å². The molecule has 1 aliphatic rings. The molecule has 3 aromatic rings. The first-order valence-corrected chi connectivity index (χ1v) is 9.63. The number of carbonyl (C=O) groups is 1. The molecule has 1 amide bonds. The van der Waals surface area contributed by atoms with Gasteiger partial charge in [0.25, 0.3) is 5.91 Å². The van der Waals surface area contributed by atoms with Gasteiger partial charge in [-0.2, -0.15) is 13.2 Å². The van der Waals surface area contributed by atoms with E-state index in [-0.39, 0.29) is 11.1 Å². The van der Waals surface area contributed by atoms with E-state index in [0.717, 1.165) is 17.7 Å². The van der Waals surface area contributed by atoms with Gasteiger partial charge in [0.05, 0.1) is 11.7 Å². The molecule has 0 fully saturated rings. The summed E-state index contributed by atoms with van der Waals surface area (Å²) in [5.74, 6) is -0.379. The quantitative estimate of drug-likeness (QED) is 0.601. The Morgan fingerprint density at radius 1 is 1.29 bits per heavy atom. The van der Waals surface area contributed by atoms with E-state index in [4.69, 9.17) is 4.42 Å². The van der Waals surface area contributed by atoms with Crippen molar-refractivity contribution in [1.82, 2.24) is 20.3 Å². The molecule has 0 saturated heterocycles. The average Bonchev–Trinajstić information content (AvgIpc) is 3.24. The number of nitrogens with zero attached hydrogens (tertiary/aromatic N) is 3. The average molecular weight is 436 g/mol. The Kier molecular flexibility index (Phi) is 4.90. The van der Waals surface area contributed by atoms with Crippen molar-refractivity contribution in [3.05, 3.63) is 64.6 Å². The Morgan fingerprint density at radius 2 is 2.03 bits per heavy atom. The summed E-state index contributed by atoms with van der Waals surface area (Å²) in [5, 5.41) is 9.63. The van der Waals surface area contributed by atoms with Crippen LogP contribution < -0.4 is 5.32 Å². The van der Waals surface area contributed by atoms with Crippen molar-refractivity contribution in [1.29, 1.82) is 0 Å². The minimum absolute atomic E-state index is 0.189. The number of amides is 1. The van der Waals surface area contributed by atoms with Crippen LogP contribution in [0.5, 0.6) is 0 Å². The van der Waals surface area contributed by atoms with Gasteiger partial charge < -0.3 is 9.73 Å². The van der Waals surface area contributed by atoms with Crippen molar-refractivity contribution in [3.63, 3.8) is 0 Å². The second-order valence-electron chi connectivity index (χ2n) is 8.48. The van der Waals surface area contributed by atoms with Crippen LogP contribution in [0.15, 0.2) is 34.7 Å². The van der Waals surface area contributed by atoms with Crippen molar-refractivity contribution < 1.29 is 26.8 Å². The van der Waals surface area contributed by atoms with Crippen molar-refractivity contribution >= 4 is 5.91 Å². The summed E-state index contributed by atoms with van der Waals surface area (Å²) in [5.41, 5.74) is -1.90. The summed E-state index contributed by atoms with van der Waals surface area (Å²) in [6, 6.07) is 5.72. The molecular weight excluding hydrogens is 416 g/mol. The summed E-state index contributed by atoms with van der Waals surface area (Å²) >= 11 is 0. The zero-order valence-corrected chi connectivity index (χ0v) is 17.0. The van der Waals surface area contributed by atoms with Crippen molar-refractivity contribution in [2.45, 2.75) is 45.8 Å². The van der Waals surface area contributed by atoms with Crippen LogP contribution in [0.3, 0.4) is 0 Å². The normalized spacial score (nSPS) is 18.0. The molecule has 1 unspecified atom stereocenters. The van der Waals surface area contributed by atoms with Gasteiger partial charge in [-0.1, -0.05) is 25.1 Å². The molecular formula is C21H20F4N4O2. The topological polar surface area (TPSA) is 73.0 Å². The molecule has 164 valence electrons. The number of furan rings is 1. The molecule has 1 atom stereocenters. The third-order valence-corrected chi connectivity index (χ3v) is 5.25. The van der Waals surface area contributed by atoms with Crippen LogP contribution in [0.2, 0.25) is 0 Å². The number of hydrogen-bond donors (Lipinski definition) is 1. The molecule has 0 spiro atoms. The lowest BCUT2D eigenvalue weighted by Gasteiger charge is -2.34. The smallest absolute Gasteiger partial charge is 0.435 e. The maximum atomic E-state index is 13.8. The van der Waals surface area contributed by atoms with E-state index in [2.05, 4.69) is 15.6 Å². The Bertz CT molecular complexity index is 1150. The minimum atomic E-state index is -4.94. The van der Waals surface area contributed by atoms with E-state index in [0.29, 0.717) is 29.0 Å². The fourth-order valence-electron chi connectivity index (χ4n) is 4.02. The fourth-order valence-corrected chi connectivity index (χ4v) is 4.02. The molecule has 0 radical (unpaired) electrons. The monoisotopic (exact) mass is 436 g/mol. The van der Waals surface area contributed by atoms with Crippen LogP contribution in [-0.4, -0.2) is 20.9 Å². The first-order valence-electron chi connectivity index (χ1n) is 9.63. The molecule has 2 aromatic heterocycles. The van der Waals surface area contributed by atoms with Crippen LogP contribution in [0, 0.1) is 18.2 Å². The molecule has 1 N–H and O–H groups in total. The second-order valence-corrected chi connectivity index (χ2v) is 8.48. The van der Waals surface area contributed by atoms with Gasteiger partial charge in [0.15, 0.2) is 11.4 Å². The SMILES string of the molecule is Cc1cc2c(o1)CC(C)(C)CC2NC(=O)c1nnn(-c2cccc(F)c2)c1C(F)(F)F. The number of benzene rings is 1. The number of rotatable bonds is 3. The summed E-state index contributed by atoms with van der Waals surface area (Å²) < 4.78 is 61.2. The highest BCUT2D eigenvalue weighted by Gasteiger charge is 2.43. The lowest BCUT2D eigenvalue weighted by atomic mass is 9.74. The number of alkyl halides is 3. The lowest BCUT2D eigenvalue weighted by Crippen LogP contribution is -2.37. The summed E-state index contributed by atoms with van der Waals surface area (Å²) in [7, 11) is 0. The van der Waals surface area contributed by atoms with Crippen molar-refractivity contribution in [2.75, 3.05) is 0 Å². The predicted octanol–water partition coefficient (Wildman–Crippen LogP) is 4.77. The molecule has 1 aliphatic carbocycles. The predicted molar refractivity (Wildman–Crippen MR) is 102 cm³/mol. The van der Waals surface area contributed by atoms with Gasteiger partial charge in [-0.15, -0.1) is 5.10 Å². The minimum Gasteiger partial charge on any atom is -0.466 e. The molecule has 0 saturated carbocycles. The van der Waals surface area contributed by atoms with Crippen LogP contribution in [0.1, 0.15) is 59.6 Å². The van der Waals surface area contributed by atoms with Gasteiger partial charge >= 0.3 is 6.18 Å². The Hall–Kier alpha value is -3.17. The number of nitrogens with one attached hydrogen (secondary N) is 1. The summed E-state index contributed by atoms with van der Waals surface area (Å²) in [4.78, 5) is 12.9. The zero-order valence-electron chi connectivity index (χ0n) is 17.0. The standard InChI is InChI=1S/C21H20F4N4O2/c1-11-7-14-15(9-20(2,3)10-16(14)31-11)26-19(30)17-18(21(23,24)25)29(28-27-17)13-6-4-5-12(22)8-13/h4-8,15H,9-10H2,1-3H3,(H,26,30). The van der Waals surface area contributed by atoms with Crippen LogP contribution in [-0.2, 0) is 12.6 Å². The van der Waals surface area contributed by atoms with Gasteiger partial charge in [-0.3, -0.25) is 4.79 Å². The molecule has 10 heteroatoms. The number of halogens is 4. The first-order chi connectivity index (χ1) is 14.4. The van der Waals surface area contributed by atoms with Crippen molar-refractivity contribution in [2.24, 2.45) is 5.41 Å². The summed E-state index contributed by atoms with van der Waals surface area (Å²) in [6.07, 6.45) is -3.76. The van der Waals surface area contributed by atoms with Crippen LogP contribution in [0.4, 0.5) is 17.6 Å². The highest BCUT2D eigenvalue weighted by atomic mass is 19.4. The summed E-state index contributed by atoms with van der Waals surface area (Å²) in [6.45, 7) is 5.76. The molecule has 0 aliphatic heterocycles. The highest BCUT2D eigenvalue weighted by molar-refractivity contribution is 5.94. The van der Waals surface area contributed by atoms with E-state index >= 15 is 0 Å². The van der Waals surface area contributed by atoms with E-state index in [1.54, 1.807) is 13.0 Å². The van der Waals surface area contributed by atoms with Crippen LogP contribution in [0.25, 0.3) is 5.69 Å². The number of fused-ring (bicyclic) bond motifs is 1. The van der Waals surface area contributed by atoms with Gasteiger partial charge in [-0.05, 0) is 43.0 Å². The number of aryl methyl sites for hydroxylation is 1. The van der Waals surface area contributed by atoms with E-state index in [1.165, 1.54) is 12.1 Å². The number of aromatic nitrogens is 3. The van der Waals surface area contributed by atoms with Gasteiger partial charge in [-0.25, -0.2) is 9.07 Å². The van der Waals surface area contributed by atoms with E-state index in [1.807, 2.05) is 13.8 Å². The highest BCUT2D eigenvalue weighted by Crippen LogP contribution is 2.42. The zero-order chi connectivity index (χ0) is 22.6. The number of hydrogen-bond acceptors (Lipinski definition) is 4. The third-order valence-electron chi connectivity index (χ3n) is 5.25. The molecule has 0 bridgehead atoms. The largest absolute Gasteiger partial charge is 0.466 e. The molecule has 2 heterocycles. The van der Waals surface area contributed by atoms with Crippen molar-refractivity contribution in [3.8, 4) is 5.69 Å². The van der Waals surface area contributed by atoms with Gasteiger partial charge in [0.2, 0.25) is 0 Å². The van der Waals surface area contributed by atoms with E-state index in [9.17, 15) is 22.4 Å². The molecule has 6 nitrogen and oxygen atoms in total. The maximum Gasteiger partial charge on any atom is 0.435 e. The molecule has 1 aromatic carbocycles. The van der Waals surface area contributed by atoms with Gasteiger partial charge in [0, 0.05) is 12.0 Å². The molecule has 31 heavy (non-hydrogen) atoms.